The molecule has 0 amide bonds. The van der Waals surface area contributed by atoms with E-state index in [0.29, 0.717) is 15.5 Å². The summed E-state index contributed by atoms with van der Waals surface area (Å²) in [6.07, 6.45) is 0. The van der Waals surface area contributed by atoms with Crippen molar-refractivity contribution in [3.8, 4) is 16.8 Å². The molecule has 19 aromatic carbocycles. The number of nitrogens with one attached hydrogen (secondary N) is 1. The fourth-order valence-electron chi connectivity index (χ4n) is 16.6. The first-order valence-corrected chi connectivity index (χ1v) is 51.1. The Hall–Kier alpha value is -11.3. The Morgan fingerprint density at radius 3 is 1.26 bits per heavy atom. The van der Waals surface area contributed by atoms with E-state index in [1.807, 2.05) is 128 Å². The standard InChI is InChI=1S/C26H16BrN.C18H15P.C16H10BrNO2.C16H10BrN.C12H24B2O4.C10H9BO2.C10H7I.C6H3Br2NO2/c27-19-13-15-25-23(16-19)22-14-12-18-7-2-4-10-21(18)26(22)28(25)24-11-5-8-17-6-1-3-9-20(17)24;1-4-10-16(11-5-1)19(17-12-6-2-7-13-17)18-14-8-3-9-15-18;17-14-7-8-16(18(19)20)15(10-14)13-6-5-11-3-1-2-4-12(11)9-13;17-11-6-8-15-14(9-11)13-7-5-10-3-1-2-4-12(10)16(13)18-15;1-9(2)10(3,4)16-13(15-9)14-17-11(5,6)12(7,8)18-14;12-11(13)10-6-5-8-3-1-2-4-9(8)7-10;11-10-7-3-5-8-4-1-2-6-9(8)10;7-4-1-2-6(9(10)11)5(8)3-4/h1-16H;1-15H;1-10H;1-9,18H;1-8H3;1-7,12-13H;1-7H;1-3H. The van der Waals surface area contributed by atoms with Gasteiger partial charge in [0.25, 0.3) is 11.4 Å². The third-order valence-corrected chi connectivity index (χ3v) is 31.0. The molecule has 2 aliphatic rings. The molecule has 2 saturated heterocycles. The number of aromatic nitrogens is 2. The Balaban J connectivity index is 0.000000116. The Morgan fingerprint density at radius 1 is 0.348 bits per heavy atom. The molecule has 0 saturated carbocycles. The van der Waals surface area contributed by atoms with E-state index in [1.165, 1.54) is 124 Å². The normalized spacial score (nSPS) is 13.6. The molecule has 0 radical (unpaired) electrons. The average Bonchev–Trinajstić information content (AvgIpc) is 1.45. The van der Waals surface area contributed by atoms with Crippen LogP contribution in [0.4, 0.5) is 11.4 Å². The number of rotatable bonds is 9. The van der Waals surface area contributed by atoms with Crippen molar-refractivity contribution >= 4 is 272 Å². The lowest BCUT2D eigenvalue weighted by Crippen LogP contribution is -2.41. The van der Waals surface area contributed by atoms with Gasteiger partial charge in [-0.05, 0) is 256 Å². The van der Waals surface area contributed by atoms with E-state index in [-0.39, 0.29) is 38.7 Å². The highest BCUT2D eigenvalue weighted by Gasteiger charge is 2.64. The zero-order chi connectivity index (χ0) is 97.2. The summed E-state index contributed by atoms with van der Waals surface area (Å²) in [6, 6.07) is 138. The van der Waals surface area contributed by atoms with Crippen LogP contribution in [0.25, 0.3) is 125 Å². The van der Waals surface area contributed by atoms with Crippen molar-refractivity contribution in [3.63, 3.8) is 0 Å². The summed E-state index contributed by atoms with van der Waals surface area (Å²) in [6.45, 7) is 16.2. The van der Waals surface area contributed by atoms with Crippen molar-refractivity contribution in [2.24, 2.45) is 0 Å². The van der Waals surface area contributed by atoms with Gasteiger partial charge in [-0.3, -0.25) is 20.2 Å². The quantitative estimate of drug-likeness (QED) is 0.0413. The van der Waals surface area contributed by atoms with Crippen LogP contribution in [0.3, 0.4) is 0 Å². The molecule has 2 aromatic heterocycles. The lowest BCUT2D eigenvalue weighted by Gasteiger charge is -2.32. The van der Waals surface area contributed by atoms with E-state index in [0.717, 1.165) is 45.0 Å². The summed E-state index contributed by atoms with van der Waals surface area (Å²) in [5.41, 5.74) is 6.86. The Bertz CT molecular complexity index is 7840. The van der Waals surface area contributed by atoms with E-state index in [2.05, 4.69) is 397 Å². The van der Waals surface area contributed by atoms with Crippen LogP contribution < -0.4 is 21.4 Å². The highest BCUT2D eigenvalue weighted by Crippen LogP contribution is 2.45. The summed E-state index contributed by atoms with van der Waals surface area (Å²) in [5.74, 6) is 0. The van der Waals surface area contributed by atoms with Crippen LogP contribution in [0, 0.1) is 23.8 Å². The maximum absolute atomic E-state index is 11.2. The molecule has 0 unspecified atom stereocenters. The largest absolute Gasteiger partial charge is 0.488 e. The van der Waals surface area contributed by atoms with Gasteiger partial charge in [0.15, 0.2) is 0 Å². The molecular formula is C114H94B3Br5IN4O10P. The summed E-state index contributed by atoms with van der Waals surface area (Å²) < 4.78 is 31.9. The summed E-state index contributed by atoms with van der Waals surface area (Å²) in [5, 5.41) is 63.2. The van der Waals surface area contributed by atoms with Gasteiger partial charge in [-0.15, -0.1) is 0 Å². The van der Waals surface area contributed by atoms with Gasteiger partial charge in [0, 0.05) is 76.8 Å². The molecule has 0 bridgehead atoms. The molecule has 686 valence electrons. The number of nitro groups is 2. The zero-order valence-corrected chi connectivity index (χ0v) is 87.6. The number of fused-ring (bicyclic) bond motifs is 14. The molecule has 23 rings (SSSR count). The second-order valence-corrected chi connectivity index (χ2v) is 43.0. The van der Waals surface area contributed by atoms with Gasteiger partial charge in [0.05, 0.1) is 64.5 Å². The lowest BCUT2D eigenvalue weighted by molar-refractivity contribution is -0.385. The molecule has 0 aliphatic carbocycles. The van der Waals surface area contributed by atoms with Crippen molar-refractivity contribution in [1.82, 2.24) is 9.55 Å². The Kier molecular flexibility index (Phi) is 31.8. The maximum Gasteiger partial charge on any atom is 0.488 e. The fraction of sp³-hybridized carbons (Fsp3) is 0.105. The Morgan fingerprint density at radius 2 is 0.739 bits per heavy atom. The average molecular weight is 2270 g/mol. The molecule has 4 heterocycles. The van der Waals surface area contributed by atoms with Crippen LogP contribution in [0.15, 0.2) is 429 Å². The summed E-state index contributed by atoms with van der Waals surface area (Å²) in [7, 11) is -2.78. The van der Waals surface area contributed by atoms with Gasteiger partial charge < -0.3 is 38.2 Å². The molecular weight excluding hydrogens is 2180 g/mol. The van der Waals surface area contributed by atoms with Crippen LogP contribution in [0.5, 0.6) is 0 Å². The number of H-pyrrole nitrogens is 1. The molecule has 0 atom stereocenters. The third kappa shape index (κ3) is 22.9. The molecule has 3 N–H and O–H groups in total. The van der Waals surface area contributed by atoms with Gasteiger partial charge in [-0.2, -0.15) is 0 Å². The highest BCUT2D eigenvalue weighted by atomic mass is 127. The van der Waals surface area contributed by atoms with Crippen molar-refractivity contribution in [1.29, 1.82) is 0 Å². The first-order valence-electron chi connectivity index (χ1n) is 44.7. The molecule has 24 heteroatoms. The third-order valence-electron chi connectivity index (χ3n) is 25.0. The molecule has 2 fully saturated rings. The molecule has 138 heavy (non-hydrogen) atoms. The molecule has 0 spiro atoms. The maximum atomic E-state index is 11.2. The Labute approximate surface area is 859 Å². The van der Waals surface area contributed by atoms with Crippen molar-refractivity contribution in [2.45, 2.75) is 77.8 Å². The molecule has 14 nitrogen and oxygen atoms in total. The van der Waals surface area contributed by atoms with E-state index >= 15 is 0 Å². The van der Waals surface area contributed by atoms with Crippen LogP contribution in [0.2, 0.25) is 0 Å². The number of nitrogens with zero attached hydrogens (tertiary/aromatic N) is 3. The van der Waals surface area contributed by atoms with Crippen LogP contribution in [0.1, 0.15) is 55.4 Å². The SMILES string of the molecule is Brc1ccc2[nH]c3c4ccccc4ccc3c2c1.Brc1ccc2c(c1)c1ccc3ccccc3c1n2-c1cccc2ccccc12.CC1(C)OB(B2OC(C)(C)C(C)(C)O2)OC1(C)C.Ic1cccc2ccccc12.O=[N+]([O-])c1ccc(Br)cc1-c1ccc2ccccc2c1.O=[N+]([O-])c1ccc(Br)cc1Br.OB(O)c1ccc2ccccc2c1.c1ccc(P(c2ccccc2)c2ccccc2)cc1. The highest BCUT2D eigenvalue weighted by molar-refractivity contribution is 14.1. The minimum Gasteiger partial charge on any atom is -0.423 e. The predicted octanol–water partition coefficient (Wildman–Crippen LogP) is 31.0. The first-order chi connectivity index (χ1) is 66.4. The summed E-state index contributed by atoms with van der Waals surface area (Å²) in [4.78, 5) is 24.2. The van der Waals surface area contributed by atoms with Gasteiger partial charge in [0.2, 0.25) is 0 Å². The first kappa shape index (κ1) is 99.7. The van der Waals surface area contributed by atoms with E-state index in [9.17, 15) is 20.2 Å². The second kappa shape index (κ2) is 44.0. The number of benzene rings is 19. The topological polar surface area (TPSA) is 184 Å². The smallest absolute Gasteiger partial charge is 0.423 e. The number of aromatic amines is 1. The number of nitro benzene ring substituents is 2. The fourth-order valence-corrected chi connectivity index (χ4v) is 21.9. The van der Waals surface area contributed by atoms with E-state index in [4.69, 9.17) is 28.7 Å². The van der Waals surface area contributed by atoms with E-state index in [1.54, 1.807) is 36.4 Å². The van der Waals surface area contributed by atoms with Crippen molar-refractivity contribution in [3.05, 3.63) is 453 Å². The van der Waals surface area contributed by atoms with Crippen molar-refractivity contribution < 1.29 is 38.5 Å². The molecule has 2 aliphatic heterocycles. The van der Waals surface area contributed by atoms with Gasteiger partial charge in [-0.1, -0.05) is 379 Å². The van der Waals surface area contributed by atoms with E-state index < -0.39 is 34.0 Å². The van der Waals surface area contributed by atoms with Crippen molar-refractivity contribution in [2.75, 3.05) is 0 Å². The number of hydrogen-bond acceptors (Lipinski definition) is 10. The number of hydrogen-bond donors (Lipinski definition) is 3. The van der Waals surface area contributed by atoms with Gasteiger partial charge >= 0.3 is 21.1 Å². The van der Waals surface area contributed by atoms with Crippen LogP contribution in [-0.2, 0) is 18.6 Å². The predicted molar refractivity (Wildman–Crippen MR) is 604 cm³/mol. The van der Waals surface area contributed by atoms with Crippen LogP contribution in [-0.4, -0.2) is 73.0 Å². The van der Waals surface area contributed by atoms with Gasteiger partial charge in [-0.25, -0.2) is 0 Å². The number of halogens is 6. The lowest BCUT2D eigenvalue weighted by atomic mass is 9.49. The van der Waals surface area contributed by atoms with Crippen LogP contribution >= 0.6 is 110 Å². The van der Waals surface area contributed by atoms with Gasteiger partial charge in [0.1, 0.15) is 0 Å². The zero-order valence-electron chi connectivity index (χ0n) is 76.6. The monoisotopic (exact) mass is 2260 g/mol. The summed E-state index contributed by atoms with van der Waals surface area (Å²) >= 11 is 19.2. The molecule has 21 aromatic rings. The second-order valence-electron chi connectivity index (χ2n) is 35.1. The minimum absolute atomic E-state index is 0.0770. The minimum atomic E-state index is -1.38.